The Labute approximate surface area is 171 Å². The zero-order chi connectivity index (χ0) is 20.1. The molecule has 0 saturated carbocycles. The van der Waals surface area contributed by atoms with Gasteiger partial charge in [0, 0.05) is 0 Å². The molecule has 3 aromatic rings. The van der Waals surface area contributed by atoms with Crippen LogP contribution in [0.1, 0.15) is 25.5 Å². The van der Waals surface area contributed by atoms with Crippen LogP contribution in [-0.2, 0) is 4.79 Å². The van der Waals surface area contributed by atoms with Gasteiger partial charge in [0.1, 0.15) is 5.82 Å². The Bertz CT molecular complexity index is 947. The highest BCUT2D eigenvalue weighted by Gasteiger charge is 2.19. The van der Waals surface area contributed by atoms with Gasteiger partial charge in [-0.2, -0.15) is 0 Å². The number of rotatable bonds is 7. The molecule has 1 N–H and O–H groups in total. The van der Waals surface area contributed by atoms with Crippen LogP contribution in [0.5, 0.6) is 0 Å². The molecule has 3 rings (SSSR count). The molecule has 5 nitrogen and oxygen atoms in total. The third-order valence-corrected chi connectivity index (χ3v) is 5.20. The standard InChI is InChI=1S/C20H19ClFN3O2S/c1-12(2)18(13-7-9-14(22)10-8-13)23-17(26)11-28-20-25-24-19(27-20)15-5-3-4-6-16(15)21/h3-10,12,18H,11H2,1-2H3,(H,23,26). The summed E-state index contributed by atoms with van der Waals surface area (Å²) in [6.07, 6.45) is 0. The average Bonchev–Trinajstić information content (AvgIpc) is 3.14. The first kappa shape index (κ1) is 20.4. The summed E-state index contributed by atoms with van der Waals surface area (Å²) >= 11 is 7.27. The molecule has 1 atom stereocenters. The molecule has 0 bridgehead atoms. The number of aromatic nitrogens is 2. The minimum Gasteiger partial charge on any atom is -0.411 e. The summed E-state index contributed by atoms with van der Waals surface area (Å²) in [5.41, 5.74) is 1.50. The van der Waals surface area contributed by atoms with Crippen molar-refractivity contribution in [3.63, 3.8) is 0 Å². The summed E-state index contributed by atoms with van der Waals surface area (Å²) < 4.78 is 18.7. The first-order valence-corrected chi connectivity index (χ1v) is 10.1. The highest BCUT2D eigenvalue weighted by Crippen LogP contribution is 2.29. The highest BCUT2D eigenvalue weighted by atomic mass is 35.5. The molecule has 1 heterocycles. The van der Waals surface area contributed by atoms with Crippen LogP contribution in [0.4, 0.5) is 4.39 Å². The number of amides is 1. The van der Waals surface area contributed by atoms with Crippen LogP contribution < -0.4 is 5.32 Å². The van der Waals surface area contributed by atoms with Gasteiger partial charge in [0.15, 0.2) is 0 Å². The molecule has 0 aliphatic carbocycles. The van der Waals surface area contributed by atoms with Crippen molar-refractivity contribution in [2.75, 3.05) is 5.75 Å². The Morgan fingerprint density at radius 1 is 1.18 bits per heavy atom. The van der Waals surface area contributed by atoms with Gasteiger partial charge in [0.2, 0.25) is 11.8 Å². The summed E-state index contributed by atoms with van der Waals surface area (Å²) in [5.74, 6) is 0.0908. The number of hydrogen-bond acceptors (Lipinski definition) is 5. The van der Waals surface area contributed by atoms with Gasteiger partial charge in [-0.3, -0.25) is 4.79 Å². The predicted molar refractivity (Wildman–Crippen MR) is 108 cm³/mol. The van der Waals surface area contributed by atoms with E-state index in [2.05, 4.69) is 15.5 Å². The van der Waals surface area contributed by atoms with Crippen LogP contribution >= 0.6 is 23.4 Å². The van der Waals surface area contributed by atoms with Crippen molar-refractivity contribution in [1.82, 2.24) is 15.5 Å². The van der Waals surface area contributed by atoms with Crippen LogP contribution in [0.25, 0.3) is 11.5 Å². The molecule has 1 aromatic heterocycles. The Balaban J connectivity index is 1.61. The monoisotopic (exact) mass is 419 g/mol. The Morgan fingerprint density at radius 2 is 1.89 bits per heavy atom. The molecule has 146 valence electrons. The lowest BCUT2D eigenvalue weighted by Gasteiger charge is -2.22. The highest BCUT2D eigenvalue weighted by molar-refractivity contribution is 7.99. The topological polar surface area (TPSA) is 68.0 Å². The second-order valence-corrected chi connectivity index (χ2v) is 7.82. The summed E-state index contributed by atoms with van der Waals surface area (Å²) in [6.45, 7) is 3.99. The zero-order valence-electron chi connectivity index (χ0n) is 15.4. The summed E-state index contributed by atoms with van der Waals surface area (Å²) in [6, 6.07) is 13.1. The van der Waals surface area contributed by atoms with Crippen molar-refractivity contribution in [2.45, 2.75) is 25.1 Å². The zero-order valence-corrected chi connectivity index (χ0v) is 16.9. The van der Waals surface area contributed by atoms with E-state index in [0.29, 0.717) is 16.5 Å². The van der Waals surface area contributed by atoms with Crippen LogP contribution in [-0.4, -0.2) is 21.9 Å². The third-order valence-electron chi connectivity index (χ3n) is 4.05. The fourth-order valence-corrected chi connectivity index (χ4v) is 3.45. The largest absolute Gasteiger partial charge is 0.411 e. The summed E-state index contributed by atoms with van der Waals surface area (Å²) in [7, 11) is 0. The van der Waals surface area contributed by atoms with Gasteiger partial charge in [-0.05, 0) is 35.7 Å². The lowest BCUT2D eigenvalue weighted by molar-refractivity contribution is -0.119. The molecule has 0 aliphatic heterocycles. The molecule has 28 heavy (non-hydrogen) atoms. The van der Waals surface area contributed by atoms with Crippen molar-refractivity contribution < 1.29 is 13.6 Å². The van der Waals surface area contributed by atoms with E-state index in [4.69, 9.17) is 16.0 Å². The van der Waals surface area contributed by atoms with E-state index in [-0.39, 0.29) is 34.7 Å². The number of hydrogen-bond donors (Lipinski definition) is 1. The summed E-state index contributed by atoms with van der Waals surface area (Å²) in [5, 5.41) is 11.7. The van der Waals surface area contributed by atoms with Gasteiger partial charge in [-0.25, -0.2) is 4.39 Å². The van der Waals surface area contributed by atoms with E-state index >= 15 is 0 Å². The van der Waals surface area contributed by atoms with Crippen LogP contribution in [0.3, 0.4) is 0 Å². The lowest BCUT2D eigenvalue weighted by atomic mass is 9.96. The Morgan fingerprint density at radius 3 is 2.57 bits per heavy atom. The number of carbonyl (C=O) groups excluding carboxylic acids is 1. The minimum atomic E-state index is -0.307. The molecular weight excluding hydrogens is 401 g/mol. The van der Waals surface area contributed by atoms with Crippen molar-refractivity contribution in [3.05, 3.63) is 64.9 Å². The average molecular weight is 420 g/mol. The van der Waals surface area contributed by atoms with Gasteiger partial charge in [0.25, 0.3) is 5.22 Å². The van der Waals surface area contributed by atoms with Crippen molar-refractivity contribution in [2.24, 2.45) is 5.92 Å². The SMILES string of the molecule is CC(C)C(NC(=O)CSc1nnc(-c2ccccc2Cl)o1)c1ccc(F)cc1. The second-order valence-electron chi connectivity index (χ2n) is 6.48. The quantitative estimate of drug-likeness (QED) is 0.537. The molecule has 0 aliphatic rings. The molecular formula is C20H19ClFN3O2S. The minimum absolute atomic E-state index is 0.120. The maximum atomic E-state index is 13.1. The van der Waals surface area contributed by atoms with Crippen molar-refractivity contribution in [3.8, 4) is 11.5 Å². The Hall–Kier alpha value is -2.38. The molecule has 1 unspecified atom stereocenters. The van der Waals surface area contributed by atoms with Gasteiger partial charge in [-0.15, -0.1) is 10.2 Å². The molecule has 0 spiro atoms. The van der Waals surface area contributed by atoms with Gasteiger partial charge in [0.05, 0.1) is 22.4 Å². The van der Waals surface area contributed by atoms with Crippen LogP contribution in [0.15, 0.2) is 58.2 Å². The Kier molecular flexibility index (Phi) is 6.70. The van der Waals surface area contributed by atoms with E-state index in [9.17, 15) is 9.18 Å². The number of nitrogens with one attached hydrogen (secondary N) is 1. The van der Waals surface area contributed by atoms with Gasteiger partial charge < -0.3 is 9.73 Å². The maximum Gasteiger partial charge on any atom is 0.277 e. The molecule has 8 heteroatoms. The van der Waals surface area contributed by atoms with E-state index < -0.39 is 0 Å². The first-order valence-electron chi connectivity index (χ1n) is 8.70. The second kappa shape index (κ2) is 9.21. The van der Waals surface area contributed by atoms with E-state index in [1.165, 1.54) is 12.1 Å². The fraction of sp³-hybridized carbons (Fsp3) is 0.250. The summed E-state index contributed by atoms with van der Waals surface area (Å²) in [4.78, 5) is 12.4. The van der Waals surface area contributed by atoms with E-state index in [0.717, 1.165) is 17.3 Å². The number of benzene rings is 2. The van der Waals surface area contributed by atoms with Crippen LogP contribution in [0, 0.1) is 11.7 Å². The molecule has 2 aromatic carbocycles. The molecule has 0 fully saturated rings. The maximum absolute atomic E-state index is 13.1. The number of nitrogens with zero attached hydrogens (tertiary/aromatic N) is 2. The predicted octanol–water partition coefficient (Wildman–Crippen LogP) is 5.13. The lowest BCUT2D eigenvalue weighted by Crippen LogP contribution is -2.33. The first-order chi connectivity index (χ1) is 13.4. The molecule has 0 radical (unpaired) electrons. The molecule has 0 saturated heterocycles. The van der Waals surface area contributed by atoms with Crippen molar-refractivity contribution in [1.29, 1.82) is 0 Å². The van der Waals surface area contributed by atoms with Gasteiger partial charge in [-0.1, -0.05) is 61.5 Å². The fourth-order valence-electron chi connectivity index (χ4n) is 2.66. The number of thioether (sulfide) groups is 1. The normalized spacial score (nSPS) is 12.2. The van der Waals surface area contributed by atoms with Gasteiger partial charge >= 0.3 is 0 Å². The van der Waals surface area contributed by atoms with E-state index in [1.807, 2.05) is 26.0 Å². The smallest absolute Gasteiger partial charge is 0.277 e. The third kappa shape index (κ3) is 5.11. The van der Waals surface area contributed by atoms with E-state index in [1.54, 1.807) is 24.3 Å². The molecule has 1 amide bonds. The van der Waals surface area contributed by atoms with Crippen molar-refractivity contribution >= 4 is 29.3 Å². The number of halogens is 2. The number of carbonyl (C=O) groups is 1. The van der Waals surface area contributed by atoms with Crippen LogP contribution in [0.2, 0.25) is 5.02 Å².